The quantitative estimate of drug-likeness (QED) is 0.447. The molecule has 0 unspecified atom stereocenters. The Bertz CT molecular complexity index is 558. The van der Waals surface area contributed by atoms with Crippen molar-refractivity contribution < 1.29 is 9.59 Å². The van der Waals surface area contributed by atoms with Crippen LogP contribution in [-0.4, -0.2) is 31.6 Å². The molecule has 0 saturated carbocycles. The number of hydrogen-bond donors (Lipinski definition) is 4. The van der Waals surface area contributed by atoms with Gasteiger partial charge in [0.25, 0.3) is 5.91 Å². The summed E-state index contributed by atoms with van der Waals surface area (Å²) in [5, 5.41) is 5.07. The SMILES string of the molecule is Cc1cc(C#CCN)cc(C(=O)NCCNC(N)=O)c1. The van der Waals surface area contributed by atoms with Gasteiger partial charge in [0, 0.05) is 24.2 Å². The van der Waals surface area contributed by atoms with Crippen molar-refractivity contribution in [3.05, 3.63) is 34.9 Å². The van der Waals surface area contributed by atoms with Gasteiger partial charge in [0.2, 0.25) is 0 Å². The highest BCUT2D eigenvalue weighted by Crippen LogP contribution is 2.08. The highest BCUT2D eigenvalue weighted by atomic mass is 16.2. The maximum Gasteiger partial charge on any atom is 0.312 e. The third-order valence-electron chi connectivity index (χ3n) is 2.38. The monoisotopic (exact) mass is 274 g/mol. The van der Waals surface area contributed by atoms with Crippen LogP contribution in [0, 0.1) is 18.8 Å². The molecule has 0 atom stereocenters. The number of carbonyl (C=O) groups excluding carboxylic acids is 2. The molecular weight excluding hydrogens is 256 g/mol. The molecule has 106 valence electrons. The summed E-state index contributed by atoms with van der Waals surface area (Å²) in [4.78, 5) is 22.4. The normalized spacial score (nSPS) is 9.30. The van der Waals surface area contributed by atoms with Crippen LogP contribution in [0.3, 0.4) is 0 Å². The van der Waals surface area contributed by atoms with Crippen molar-refractivity contribution in [3.8, 4) is 11.8 Å². The summed E-state index contributed by atoms with van der Waals surface area (Å²) in [5.41, 5.74) is 12.4. The average molecular weight is 274 g/mol. The number of rotatable bonds is 4. The number of nitrogens with two attached hydrogens (primary N) is 2. The van der Waals surface area contributed by atoms with Crippen LogP contribution in [0.1, 0.15) is 21.5 Å². The first-order chi connectivity index (χ1) is 9.52. The fourth-order valence-electron chi connectivity index (χ4n) is 1.60. The Balaban J connectivity index is 2.67. The minimum Gasteiger partial charge on any atom is -0.352 e. The van der Waals surface area contributed by atoms with Gasteiger partial charge < -0.3 is 22.1 Å². The Morgan fingerprint density at radius 2 is 1.90 bits per heavy atom. The van der Waals surface area contributed by atoms with E-state index in [-0.39, 0.29) is 19.0 Å². The van der Waals surface area contributed by atoms with Crippen molar-refractivity contribution in [1.29, 1.82) is 0 Å². The molecule has 0 fully saturated rings. The summed E-state index contributed by atoms with van der Waals surface area (Å²) >= 11 is 0. The predicted octanol–water partition coefficient (Wildman–Crippen LogP) is -0.297. The van der Waals surface area contributed by atoms with Crippen molar-refractivity contribution in [1.82, 2.24) is 10.6 Å². The number of nitrogens with one attached hydrogen (secondary N) is 2. The number of urea groups is 1. The Morgan fingerprint density at radius 1 is 1.20 bits per heavy atom. The molecular formula is C14H18N4O2. The molecule has 0 radical (unpaired) electrons. The van der Waals surface area contributed by atoms with Crippen LogP contribution in [0.15, 0.2) is 18.2 Å². The summed E-state index contributed by atoms with van der Waals surface area (Å²) in [6, 6.07) is 4.74. The van der Waals surface area contributed by atoms with E-state index in [4.69, 9.17) is 11.5 Å². The van der Waals surface area contributed by atoms with Crippen molar-refractivity contribution in [3.63, 3.8) is 0 Å². The Morgan fingerprint density at radius 3 is 2.55 bits per heavy atom. The van der Waals surface area contributed by atoms with E-state index in [1.807, 2.05) is 13.0 Å². The van der Waals surface area contributed by atoms with E-state index >= 15 is 0 Å². The van der Waals surface area contributed by atoms with E-state index in [1.165, 1.54) is 0 Å². The maximum atomic E-state index is 11.9. The lowest BCUT2D eigenvalue weighted by molar-refractivity contribution is 0.0953. The minimum atomic E-state index is -0.617. The van der Waals surface area contributed by atoms with Gasteiger partial charge in [0.05, 0.1) is 6.54 Å². The second-order valence-corrected chi connectivity index (χ2v) is 4.14. The number of amides is 3. The van der Waals surface area contributed by atoms with Gasteiger partial charge in [-0.3, -0.25) is 4.79 Å². The fraction of sp³-hybridized carbons (Fsp3) is 0.286. The van der Waals surface area contributed by atoms with E-state index < -0.39 is 6.03 Å². The first kappa shape index (κ1) is 15.5. The van der Waals surface area contributed by atoms with Gasteiger partial charge in [-0.25, -0.2) is 4.79 Å². The minimum absolute atomic E-state index is 0.226. The van der Waals surface area contributed by atoms with Gasteiger partial charge in [0.15, 0.2) is 0 Å². The van der Waals surface area contributed by atoms with Crippen molar-refractivity contribution in [2.24, 2.45) is 11.5 Å². The number of hydrogen-bond acceptors (Lipinski definition) is 3. The highest BCUT2D eigenvalue weighted by molar-refractivity contribution is 5.94. The average Bonchev–Trinajstić information content (AvgIpc) is 2.40. The Labute approximate surface area is 117 Å². The molecule has 0 spiro atoms. The molecule has 1 aromatic rings. The zero-order valence-electron chi connectivity index (χ0n) is 11.3. The molecule has 0 aliphatic carbocycles. The van der Waals surface area contributed by atoms with Gasteiger partial charge >= 0.3 is 6.03 Å². The zero-order chi connectivity index (χ0) is 15.0. The molecule has 3 amide bonds. The number of aryl methyl sites for hydroxylation is 1. The van der Waals surface area contributed by atoms with E-state index in [9.17, 15) is 9.59 Å². The van der Waals surface area contributed by atoms with Crippen LogP contribution in [0.25, 0.3) is 0 Å². The van der Waals surface area contributed by atoms with Gasteiger partial charge in [-0.2, -0.15) is 0 Å². The zero-order valence-corrected chi connectivity index (χ0v) is 11.3. The molecule has 6 heteroatoms. The van der Waals surface area contributed by atoms with Gasteiger partial charge in [-0.05, 0) is 30.7 Å². The largest absolute Gasteiger partial charge is 0.352 e. The van der Waals surface area contributed by atoms with Gasteiger partial charge in [-0.15, -0.1) is 0 Å². The van der Waals surface area contributed by atoms with Crippen LogP contribution in [0.2, 0.25) is 0 Å². The molecule has 0 heterocycles. The second-order valence-electron chi connectivity index (χ2n) is 4.14. The third kappa shape index (κ3) is 5.42. The molecule has 1 rings (SSSR count). The van der Waals surface area contributed by atoms with Gasteiger partial charge in [-0.1, -0.05) is 11.8 Å². The molecule has 0 saturated heterocycles. The smallest absolute Gasteiger partial charge is 0.312 e. The maximum absolute atomic E-state index is 11.9. The first-order valence-electron chi connectivity index (χ1n) is 6.15. The van der Waals surface area contributed by atoms with Crippen molar-refractivity contribution in [2.45, 2.75) is 6.92 Å². The summed E-state index contributed by atoms with van der Waals surface area (Å²) in [6.45, 7) is 2.75. The molecule has 6 N–H and O–H groups in total. The summed E-state index contributed by atoms with van der Waals surface area (Å²) in [6.07, 6.45) is 0. The Kier molecular flexibility index (Phi) is 6.07. The number of carbonyl (C=O) groups is 2. The third-order valence-corrected chi connectivity index (χ3v) is 2.38. The molecule has 0 aliphatic rings. The van der Waals surface area contributed by atoms with Crippen LogP contribution in [-0.2, 0) is 0 Å². The predicted molar refractivity (Wildman–Crippen MR) is 77.0 cm³/mol. The van der Waals surface area contributed by atoms with E-state index in [0.29, 0.717) is 12.1 Å². The molecule has 1 aromatic carbocycles. The van der Waals surface area contributed by atoms with E-state index in [2.05, 4.69) is 22.5 Å². The highest BCUT2D eigenvalue weighted by Gasteiger charge is 2.06. The number of benzene rings is 1. The van der Waals surface area contributed by atoms with Crippen LogP contribution in [0.4, 0.5) is 4.79 Å². The van der Waals surface area contributed by atoms with Crippen molar-refractivity contribution in [2.75, 3.05) is 19.6 Å². The molecule has 0 aromatic heterocycles. The summed E-state index contributed by atoms with van der Waals surface area (Å²) in [7, 11) is 0. The van der Waals surface area contributed by atoms with Crippen molar-refractivity contribution >= 4 is 11.9 Å². The number of primary amides is 1. The van der Waals surface area contributed by atoms with Crippen LogP contribution < -0.4 is 22.1 Å². The summed E-state index contributed by atoms with van der Waals surface area (Å²) in [5.74, 6) is 5.42. The van der Waals surface area contributed by atoms with Crippen LogP contribution >= 0.6 is 0 Å². The lowest BCUT2D eigenvalue weighted by atomic mass is 10.1. The summed E-state index contributed by atoms with van der Waals surface area (Å²) < 4.78 is 0. The topological polar surface area (TPSA) is 110 Å². The molecule has 20 heavy (non-hydrogen) atoms. The van der Waals surface area contributed by atoms with E-state index in [1.54, 1.807) is 12.1 Å². The lowest BCUT2D eigenvalue weighted by Gasteiger charge is -2.07. The molecule has 0 aliphatic heterocycles. The first-order valence-corrected chi connectivity index (χ1v) is 6.15. The lowest BCUT2D eigenvalue weighted by Crippen LogP contribution is -2.37. The molecule has 0 bridgehead atoms. The Hall–Kier alpha value is -2.52. The van der Waals surface area contributed by atoms with Crippen LogP contribution in [0.5, 0.6) is 0 Å². The van der Waals surface area contributed by atoms with E-state index in [0.717, 1.165) is 11.1 Å². The molecule has 6 nitrogen and oxygen atoms in total. The standard InChI is InChI=1S/C14H18N4O2/c1-10-7-11(3-2-4-15)9-12(8-10)13(19)17-5-6-18-14(16)20/h7-9H,4-6,15H2,1H3,(H,17,19)(H3,16,18,20). The fourth-order valence-corrected chi connectivity index (χ4v) is 1.60. The second kappa shape index (κ2) is 7.81. The van der Waals surface area contributed by atoms with Gasteiger partial charge in [0.1, 0.15) is 0 Å².